The third kappa shape index (κ3) is 2.13. The van der Waals surface area contributed by atoms with E-state index in [4.69, 9.17) is 10.5 Å². The van der Waals surface area contributed by atoms with Crippen molar-refractivity contribution in [3.8, 4) is 9.75 Å². The van der Waals surface area contributed by atoms with Crippen LogP contribution in [0.3, 0.4) is 0 Å². The molecule has 6 heteroatoms. The van der Waals surface area contributed by atoms with Crippen LogP contribution in [0.2, 0.25) is 0 Å². The van der Waals surface area contributed by atoms with Crippen LogP contribution >= 0.6 is 22.7 Å². The summed E-state index contributed by atoms with van der Waals surface area (Å²) in [4.78, 5) is 18.3. The average molecular weight is 282 g/mol. The van der Waals surface area contributed by atoms with E-state index in [1.807, 2.05) is 0 Å². The highest BCUT2D eigenvalue weighted by Gasteiger charge is 2.24. The van der Waals surface area contributed by atoms with E-state index >= 15 is 0 Å². The molecule has 2 N–H and O–H groups in total. The van der Waals surface area contributed by atoms with E-state index in [-0.39, 0.29) is 11.9 Å². The van der Waals surface area contributed by atoms with Gasteiger partial charge in [0.2, 0.25) is 0 Å². The summed E-state index contributed by atoms with van der Waals surface area (Å²) in [6.07, 6.45) is 1.79. The first kappa shape index (κ1) is 13.0. The molecule has 0 saturated heterocycles. The van der Waals surface area contributed by atoms with E-state index in [1.54, 1.807) is 23.0 Å². The number of nitrogens with two attached hydrogens (primary N) is 1. The van der Waals surface area contributed by atoms with Gasteiger partial charge in [-0.05, 0) is 11.5 Å². The number of anilines is 1. The number of carbonyl (C=O) groups excluding carboxylic acids is 1. The van der Waals surface area contributed by atoms with Gasteiger partial charge in [-0.15, -0.1) is 22.7 Å². The lowest BCUT2D eigenvalue weighted by Crippen LogP contribution is -2.03. The normalized spacial score (nSPS) is 10.9. The van der Waals surface area contributed by atoms with Gasteiger partial charge in [0.15, 0.2) is 0 Å². The summed E-state index contributed by atoms with van der Waals surface area (Å²) in [5.74, 6) is -0.132. The zero-order chi connectivity index (χ0) is 13.3. The van der Waals surface area contributed by atoms with Crippen molar-refractivity contribution >= 4 is 34.3 Å². The summed E-state index contributed by atoms with van der Waals surface area (Å²) in [6, 6.07) is 0. The van der Waals surface area contributed by atoms with Crippen LogP contribution in [-0.2, 0) is 4.74 Å². The molecule has 0 spiro atoms. The molecule has 0 aliphatic carbocycles. The summed E-state index contributed by atoms with van der Waals surface area (Å²) in [5, 5.41) is 0. The van der Waals surface area contributed by atoms with Crippen LogP contribution in [0, 0.1) is 0 Å². The molecule has 4 nitrogen and oxygen atoms in total. The van der Waals surface area contributed by atoms with Crippen LogP contribution in [0.25, 0.3) is 9.75 Å². The number of aromatic nitrogens is 1. The Bertz CT molecular complexity index is 559. The number of thiazole rings is 1. The minimum absolute atomic E-state index is 0.247. The van der Waals surface area contributed by atoms with E-state index < -0.39 is 0 Å². The monoisotopic (exact) mass is 282 g/mol. The van der Waals surface area contributed by atoms with Gasteiger partial charge in [0.1, 0.15) is 4.88 Å². The average Bonchev–Trinajstić information content (AvgIpc) is 2.94. The molecule has 0 aliphatic heterocycles. The van der Waals surface area contributed by atoms with Crippen LogP contribution in [-0.4, -0.2) is 18.1 Å². The van der Waals surface area contributed by atoms with Crippen molar-refractivity contribution in [3.05, 3.63) is 22.1 Å². The standard InChI is InChI=1S/C12H14N2O2S2/c1-6(2)8-9(13)11(12(15)16-3)18-10(8)7-4-14-5-17-7/h4-6H,13H2,1-3H3. The van der Waals surface area contributed by atoms with Gasteiger partial charge in [-0.2, -0.15) is 0 Å². The first-order chi connectivity index (χ1) is 8.56. The molecule has 0 atom stereocenters. The van der Waals surface area contributed by atoms with Gasteiger partial charge >= 0.3 is 5.97 Å². The summed E-state index contributed by atoms with van der Waals surface area (Å²) < 4.78 is 4.76. The van der Waals surface area contributed by atoms with Crippen LogP contribution in [0.1, 0.15) is 35.0 Å². The Kier molecular flexibility index (Phi) is 3.68. The number of hydrogen-bond donors (Lipinski definition) is 1. The van der Waals surface area contributed by atoms with Gasteiger partial charge in [-0.3, -0.25) is 4.98 Å². The van der Waals surface area contributed by atoms with Crippen LogP contribution in [0.4, 0.5) is 5.69 Å². The highest BCUT2D eigenvalue weighted by atomic mass is 32.1. The molecule has 0 fully saturated rings. The maximum atomic E-state index is 11.7. The molecule has 0 aromatic carbocycles. The molecule has 0 radical (unpaired) electrons. The van der Waals surface area contributed by atoms with Gasteiger partial charge < -0.3 is 10.5 Å². The van der Waals surface area contributed by atoms with Crippen molar-refractivity contribution in [1.29, 1.82) is 0 Å². The van der Waals surface area contributed by atoms with Crippen LogP contribution in [0.15, 0.2) is 11.7 Å². The summed E-state index contributed by atoms with van der Waals surface area (Å²) in [5.41, 5.74) is 9.39. The Balaban J connectivity index is 2.62. The fourth-order valence-electron chi connectivity index (χ4n) is 1.79. The predicted molar refractivity (Wildman–Crippen MR) is 75.3 cm³/mol. The molecule has 0 aliphatic rings. The summed E-state index contributed by atoms with van der Waals surface area (Å²) in [6.45, 7) is 4.12. The van der Waals surface area contributed by atoms with Crippen LogP contribution in [0.5, 0.6) is 0 Å². The predicted octanol–water partition coefficient (Wildman–Crippen LogP) is 3.36. The first-order valence-corrected chi connectivity index (χ1v) is 7.15. The number of carbonyl (C=O) groups is 1. The summed E-state index contributed by atoms with van der Waals surface area (Å²) in [7, 11) is 1.36. The van der Waals surface area contributed by atoms with Gasteiger partial charge in [-0.25, -0.2) is 4.79 Å². The number of nitrogens with zero attached hydrogens (tertiary/aromatic N) is 1. The Morgan fingerprint density at radius 1 is 1.50 bits per heavy atom. The number of ether oxygens (including phenoxy) is 1. The van der Waals surface area contributed by atoms with Crippen molar-refractivity contribution < 1.29 is 9.53 Å². The second-order valence-corrected chi connectivity index (χ2v) is 6.01. The first-order valence-electron chi connectivity index (χ1n) is 5.45. The SMILES string of the molecule is COC(=O)c1sc(-c2cncs2)c(C(C)C)c1N. The smallest absolute Gasteiger partial charge is 0.350 e. The van der Waals surface area contributed by atoms with E-state index in [1.165, 1.54) is 18.4 Å². The molecule has 2 aromatic heterocycles. The Labute approximate surface area is 113 Å². The fourth-order valence-corrected chi connectivity index (χ4v) is 3.83. The number of nitrogen functional groups attached to an aromatic ring is 1. The van der Waals surface area contributed by atoms with E-state index in [0.29, 0.717) is 10.6 Å². The second-order valence-electron chi connectivity index (χ2n) is 4.10. The third-order valence-electron chi connectivity index (χ3n) is 2.59. The lowest BCUT2D eigenvalue weighted by atomic mass is 10.0. The summed E-state index contributed by atoms with van der Waals surface area (Å²) >= 11 is 2.92. The number of rotatable bonds is 3. The van der Waals surface area contributed by atoms with Crippen LogP contribution < -0.4 is 5.73 Å². The molecule has 0 amide bonds. The largest absolute Gasteiger partial charge is 0.465 e. The molecular formula is C12H14N2O2S2. The van der Waals surface area contributed by atoms with Crippen molar-refractivity contribution in [2.24, 2.45) is 0 Å². The molecule has 0 bridgehead atoms. The number of hydrogen-bond acceptors (Lipinski definition) is 6. The molecule has 96 valence electrons. The lowest BCUT2D eigenvalue weighted by Gasteiger charge is -2.07. The molecule has 0 unspecified atom stereocenters. The molecule has 0 saturated carbocycles. The maximum absolute atomic E-state index is 11.7. The second kappa shape index (κ2) is 5.07. The zero-order valence-electron chi connectivity index (χ0n) is 10.4. The fraction of sp³-hybridized carbons (Fsp3) is 0.333. The van der Waals surface area contributed by atoms with Gasteiger partial charge in [0, 0.05) is 6.20 Å². The highest BCUT2D eigenvalue weighted by molar-refractivity contribution is 7.22. The van der Waals surface area contributed by atoms with Gasteiger partial charge in [0.25, 0.3) is 0 Å². The van der Waals surface area contributed by atoms with Crippen molar-refractivity contribution in [1.82, 2.24) is 4.98 Å². The molecular weight excluding hydrogens is 268 g/mol. The molecule has 2 rings (SSSR count). The van der Waals surface area contributed by atoms with Gasteiger partial charge in [0.05, 0.1) is 28.1 Å². The Morgan fingerprint density at radius 2 is 2.22 bits per heavy atom. The van der Waals surface area contributed by atoms with E-state index in [9.17, 15) is 4.79 Å². The molecule has 2 aromatic rings. The minimum atomic E-state index is -0.379. The number of thiophene rings is 1. The zero-order valence-corrected chi connectivity index (χ0v) is 12.0. The Morgan fingerprint density at radius 3 is 2.72 bits per heavy atom. The Hall–Kier alpha value is -1.40. The van der Waals surface area contributed by atoms with E-state index in [2.05, 4.69) is 18.8 Å². The minimum Gasteiger partial charge on any atom is -0.465 e. The number of methoxy groups -OCH3 is 1. The molecule has 18 heavy (non-hydrogen) atoms. The van der Waals surface area contributed by atoms with Gasteiger partial charge in [-0.1, -0.05) is 13.8 Å². The van der Waals surface area contributed by atoms with Crippen molar-refractivity contribution in [2.45, 2.75) is 19.8 Å². The molecule has 2 heterocycles. The number of esters is 1. The maximum Gasteiger partial charge on any atom is 0.350 e. The third-order valence-corrected chi connectivity index (χ3v) is 4.74. The van der Waals surface area contributed by atoms with Crippen molar-refractivity contribution in [3.63, 3.8) is 0 Å². The van der Waals surface area contributed by atoms with Crippen molar-refractivity contribution in [2.75, 3.05) is 12.8 Å². The quantitative estimate of drug-likeness (QED) is 0.877. The topological polar surface area (TPSA) is 65.2 Å². The lowest BCUT2D eigenvalue weighted by molar-refractivity contribution is 0.0607. The van der Waals surface area contributed by atoms with E-state index in [0.717, 1.165) is 15.3 Å². The highest BCUT2D eigenvalue weighted by Crippen LogP contribution is 2.43.